The molecule has 4 aromatic rings. The number of benzene rings is 1. The van der Waals surface area contributed by atoms with Crippen LogP contribution >= 0.6 is 11.3 Å². The largest absolute Gasteiger partial charge is 0.335 e. The number of hydrogen-bond donors (Lipinski definition) is 1. The first-order chi connectivity index (χ1) is 16.4. The molecular formula is C24H22FN5O3S. The quantitative estimate of drug-likeness (QED) is 0.460. The predicted octanol–water partition coefficient (Wildman–Crippen LogP) is 4.70. The van der Waals surface area contributed by atoms with E-state index < -0.39 is 0 Å². The number of amides is 3. The maximum absolute atomic E-state index is 13.5. The molecule has 0 aliphatic carbocycles. The molecule has 1 fully saturated rings. The number of halogens is 1. The van der Waals surface area contributed by atoms with Crippen molar-refractivity contribution in [3.8, 4) is 10.6 Å². The number of piperazine rings is 1. The summed E-state index contributed by atoms with van der Waals surface area (Å²) in [7, 11) is 0. The van der Waals surface area contributed by atoms with E-state index in [1.807, 2.05) is 19.1 Å². The Bertz CT molecular complexity index is 1370. The van der Waals surface area contributed by atoms with Crippen molar-refractivity contribution in [3.05, 3.63) is 64.4 Å². The van der Waals surface area contributed by atoms with Gasteiger partial charge in [-0.25, -0.2) is 14.2 Å². The van der Waals surface area contributed by atoms with E-state index in [2.05, 4.69) is 15.5 Å². The van der Waals surface area contributed by atoms with Gasteiger partial charge in [0.05, 0.1) is 27.2 Å². The minimum atomic E-state index is -0.365. The third-order valence-electron chi connectivity index (χ3n) is 5.79. The molecule has 5 rings (SSSR count). The number of rotatable bonds is 3. The molecule has 0 spiro atoms. The lowest BCUT2D eigenvalue weighted by molar-refractivity contribution is 0.0673. The van der Waals surface area contributed by atoms with Gasteiger partial charge in [-0.15, -0.1) is 11.3 Å². The van der Waals surface area contributed by atoms with Gasteiger partial charge in [-0.3, -0.25) is 4.79 Å². The van der Waals surface area contributed by atoms with Crippen LogP contribution in [0.1, 0.15) is 20.9 Å². The monoisotopic (exact) mass is 479 g/mol. The average molecular weight is 480 g/mol. The van der Waals surface area contributed by atoms with E-state index in [1.165, 1.54) is 24.3 Å². The Morgan fingerprint density at radius 3 is 2.41 bits per heavy atom. The number of thiophene rings is 1. The summed E-state index contributed by atoms with van der Waals surface area (Å²) in [5.41, 5.74) is 2.62. The minimum Gasteiger partial charge on any atom is -0.335 e. The van der Waals surface area contributed by atoms with Gasteiger partial charge in [0.15, 0.2) is 0 Å². The number of nitrogens with zero attached hydrogens (tertiary/aromatic N) is 4. The highest BCUT2D eigenvalue weighted by atomic mass is 32.1. The fraction of sp³-hybridized carbons (Fsp3) is 0.250. The van der Waals surface area contributed by atoms with Crippen LogP contribution in [0.25, 0.3) is 21.7 Å². The van der Waals surface area contributed by atoms with E-state index in [-0.39, 0.29) is 17.8 Å². The van der Waals surface area contributed by atoms with E-state index in [9.17, 15) is 14.0 Å². The second kappa shape index (κ2) is 8.86. The van der Waals surface area contributed by atoms with Crippen LogP contribution in [-0.2, 0) is 0 Å². The van der Waals surface area contributed by atoms with Crippen molar-refractivity contribution in [1.82, 2.24) is 19.9 Å². The van der Waals surface area contributed by atoms with Gasteiger partial charge in [0.1, 0.15) is 5.82 Å². The van der Waals surface area contributed by atoms with E-state index in [4.69, 9.17) is 4.52 Å². The first-order valence-electron chi connectivity index (χ1n) is 10.8. The molecule has 0 saturated carbocycles. The van der Waals surface area contributed by atoms with Crippen molar-refractivity contribution in [1.29, 1.82) is 0 Å². The molecule has 1 saturated heterocycles. The summed E-state index contributed by atoms with van der Waals surface area (Å²) < 4.78 is 18.5. The second-order valence-electron chi connectivity index (χ2n) is 8.13. The van der Waals surface area contributed by atoms with Crippen LogP contribution in [0.5, 0.6) is 0 Å². The van der Waals surface area contributed by atoms with Crippen molar-refractivity contribution >= 4 is 40.1 Å². The molecule has 0 unspecified atom stereocenters. The lowest BCUT2D eigenvalue weighted by atomic mass is 10.1. The van der Waals surface area contributed by atoms with Crippen LogP contribution in [0.15, 0.2) is 47.0 Å². The third-order valence-corrected chi connectivity index (χ3v) is 6.81. The van der Waals surface area contributed by atoms with Crippen molar-refractivity contribution in [3.63, 3.8) is 0 Å². The summed E-state index contributed by atoms with van der Waals surface area (Å²) in [4.78, 5) is 36.1. The van der Waals surface area contributed by atoms with E-state index in [1.54, 1.807) is 34.1 Å². The summed E-state index contributed by atoms with van der Waals surface area (Å²) in [5.74, 6) is -0.511. The van der Waals surface area contributed by atoms with Gasteiger partial charge in [0.25, 0.3) is 11.6 Å². The molecule has 1 aromatic carbocycles. The van der Waals surface area contributed by atoms with E-state index >= 15 is 0 Å². The minimum absolute atomic E-state index is 0.146. The molecule has 3 amide bonds. The number of nitrogens with one attached hydrogen (secondary N) is 1. The molecule has 0 atom stereocenters. The Hall–Kier alpha value is -3.79. The fourth-order valence-corrected chi connectivity index (χ4v) is 4.81. The summed E-state index contributed by atoms with van der Waals surface area (Å²) >= 11 is 1.60. The number of aryl methyl sites for hydroxylation is 2. The van der Waals surface area contributed by atoms with Gasteiger partial charge in [-0.05, 0) is 56.3 Å². The molecule has 1 N–H and O–H groups in total. The predicted molar refractivity (Wildman–Crippen MR) is 127 cm³/mol. The molecular weight excluding hydrogens is 457 g/mol. The number of pyridine rings is 1. The highest BCUT2D eigenvalue weighted by Gasteiger charge is 2.28. The van der Waals surface area contributed by atoms with Crippen molar-refractivity contribution in [2.24, 2.45) is 0 Å². The Balaban J connectivity index is 1.33. The van der Waals surface area contributed by atoms with Gasteiger partial charge in [0, 0.05) is 36.7 Å². The summed E-state index contributed by atoms with van der Waals surface area (Å²) in [6.07, 6.45) is 0. The molecule has 1 aliphatic rings. The summed E-state index contributed by atoms with van der Waals surface area (Å²) in [6.45, 7) is 5.34. The fourth-order valence-electron chi connectivity index (χ4n) is 3.98. The highest BCUT2D eigenvalue weighted by molar-refractivity contribution is 7.15. The van der Waals surface area contributed by atoms with Crippen LogP contribution in [0, 0.1) is 19.7 Å². The second-order valence-corrected chi connectivity index (χ2v) is 9.42. The van der Waals surface area contributed by atoms with Gasteiger partial charge in [0.2, 0.25) is 0 Å². The van der Waals surface area contributed by atoms with Crippen molar-refractivity contribution < 1.29 is 18.5 Å². The maximum atomic E-state index is 13.5. The van der Waals surface area contributed by atoms with Crippen LogP contribution in [0.3, 0.4) is 0 Å². The normalized spacial score (nSPS) is 14.0. The van der Waals surface area contributed by atoms with Crippen molar-refractivity contribution in [2.45, 2.75) is 13.8 Å². The molecule has 34 heavy (non-hydrogen) atoms. The first-order valence-corrected chi connectivity index (χ1v) is 11.7. The topological polar surface area (TPSA) is 91.6 Å². The summed E-state index contributed by atoms with van der Waals surface area (Å²) in [6, 6.07) is 11.1. The Kier molecular flexibility index (Phi) is 5.74. The molecule has 0 radical (unpaired) electrons. The molecule has 3 aromatic heterocycles. The Labute approximate surface area is 199 Å². The zero-order valence-corrected chi connectivity index (χ0v) is 19.5. The Morgan fingerprint density at radius 1 is 1.03 bits per heavy atom. The van der Waals surface area contributed by atoms with Crippen LogP contribution in [0.2, 0.25) is 0 Å². The van der Waals surface area contributed by atoms with E-state index in [0.717, 1.165) is 9.75 Å². The highest BCUT2D eigenvalue weighted by Crippen LogP contribution is 2.31. The smallest absolute Gasteiger partial charge is 0.321 e. The van der Waals surface area contributed by atoms with Crippen molar-refractivity contribution in [2.75, 3.05) is 31.5 Å². The first kappa shape index (κ1) is 22.0. The van der Waals surface area contributed by atoms with E-state index in [0.29, 0.717) is 59.9 Å². The SMILES string of the molecule is Cc1ccc(-c2cc(C(=O)N3CCN(C(=O)Nc4ccc(F)cc4)CC3)c3c(C)noc3n2)s1. The number of anilines is 1. The number of urea groups is 1. The van der Waals surface area contributed by atoms with Crippen LogP contribution in [-0.4, -0.2) is 58.1 Å². The number of fused-ring (bicyclic) bond motifs is 1. The molecule has 8 nitrogen and oxygen atoms in total. The molecule has 1 aliphatic heterocycles. The standard InChI is InChI=1S/C24H22FN5O3S/c1-14-3-8-20(34-14)19-13-18(21-15(2)28-33-22(21)27-19)23(31)29-9-11-30(12-10-29)24(32)26-17-6-4-16(25)5-7-17/h3-8,13H,9-12H2,1-2H3,(H,26,32). The van der Waals surface area contributed by atoms with Crippen LogP contribution in [0.4, 0.5) is 14.9 Å². The zero-order valence-electron chi connectivity index (χ0n) is 18.7. The lowest BCUT2D eigenvalue weighted by Crippen LogP contribution is -2.51. The Morgan fingerprint density at radius 2 is 1.74 bits per heavy atom. The average Bonchev–Trinajstić information content (AvgIpc) is 3.45. The molecule has 0 bridgehead atoms. The number of carbonyl (C=O) groups is 2. The molecule has 4 heterocycles. The third kappa shape index (κ3) is 4.24. The van der Waals surface area contributed by atoms with Gasteiger partial charge < -0.3 is 19.6 Å². The van der Waals surface area contributed by atoms with Gasteiger partial charge >= 0.3 is 6.03 Å². The molecule has 174 valence electrons. The number of hydrogen-bond acceptors (Lipinski definition) is 6. The lowest BCUT2D eigenvalue weighted by Gasteiger charge is -2.34. The molecule has 10 heteroatoms. The summed E-state index contributed by atoms with van der Waals surface area (Å²) in [5, 5.41) is 7.38. The van der Waals surface area contributed by atoms with Gasteiger partial charge in [-0.2, -0.15) is 0 Å². The number of carbonyl (C=O) groups excluding carboxylic acids is 2. The zero-order chi connectivity index (χ0) is 23.8. The van der Waals surface area contributed by atoms with Crippen LogP contribution < -0.4 is 5.32 Å². The number of aromatic nitrogens is 2. The maximum Gasteiger partial charge on any atom is 0.321 e. The van der Waals surface area contributed by atoms with Gasteiger partial charge in [-0.1, -0.05) is 5.16 Å².